The lowest BCUT2D eigenvalue weighted by Crippen LogP contribution is -1.95. The summed E-state index contributed by atoms with van der Waals surface area (Å²) in [6, 6.07) is 0. The van der Waals surface area contributed by atoms with Gasteiger partial charge in [0.2, 0.25) is 0 Å². The topological polar surface area (TPSA) is 184 Å². The van der Waals surface area contributed by atoms with Crippen LogP contribution in [0.5, 0.6) is 0 Å². The van der Waals surface area contributed by atoms with Crippen LogP contribution in [0.3, 0.4) is 0 Å². The van der Waals surface area contributed by atoms with E-state index < -0.39 is 23.9 Å². The zero-order chi connectivity index (χ0) is 20.9. The Morgan fingerprint density at radius 1 is 0.357 bits per heavy atom. The lowest BCUT2D eigenvalue weighted by Gasteiger charge is -1.98. The molecule has 0 bridgehead atoms. The van der Waals surface area contributed by atoms with E-state index in [1.165, 1.54) is 0 Å². The lowest BCUT2D eigenvalue weighted by molar-refractivity contribution is -0.138. The third kappa shape index (κ3) is 35.0. The molecule has 0 aliphatic carbocycles. The van der Waals surface area contributed by atoms with Crippen molar-refractivity contribution >= 4 is 23.9 Å². The van der Waals surface area contributed by atoms with Crippen LogP contribution in [0.1, 0.15) is 96.3 Å². The van der Waals surface area contributed by atoms with Gasteiger partial charge in [-0.15, -0.1) is 0 Å². The Kier molecular flexibility index (Phi) is 25.0. The molecule has 0 aromatic rings. The molecule has 0 rings (SSSR count). The van der Waals surface area contributed by atoms with Crippen LogP contribution < -0.4 is 6.15 Å². The Morgan fingerprint density at radius 3 is 0.643 bits per heavy atom. The minimum atomic E-state index is -0.759. The van der Waals surface area contributed by atoms with Gasteiger partial charge < -0.3 is 26.6 Å². The van der Waals surface area contributed by atoms with Gasteiger partial charge >= 0.3 is 23.9 Å². The van der Waals surface area contributed by atoms with E-state index in [1.54, 1.807) is 0 Å². The van der Waals surface area contributed by atoms with Crippen LogP contribution in [0, 0.1) is 0 Å². The molecule has 0 aromatic heterocycles. The van der Waals surface area contributed by atoms with Crippen molar-refractivity contribution in [3.05, 3.63) is 0 Å². The number of hydrogen-bond donors (Lipinski definition) is 5. The van der Waals surface area contributed by atoms with Gasteiger partial charge in [0.1, 0.15) is 0 Å². The minimum absolute atomic E-state index is 0. The maximum Gasteiger partial charge on any atom is 0.303 e. The van der Waals surface area contributed by atoms with Crippen LogP contribution in [0.2, 0.25) is 0 Å². The molecule has 0 aliphatic rings. The summed E-state index contributed by atoms with van der Waals surface area (Å²) >= 11 is 0. The van der Waals surface area contributed by atoms with Gasteiger partial charge in [0.05, 0.1) is 0 Å². The van der Waals surface area contributed by atoms with E-state index in [0.29, 0.717) is 12.8 Å². The highest BCUT2D eigenvalue weighted by Crippen LogP contribution is 2.08. The predicted molar refractivity (Wildman–Crippen MR) is 105 cm³/mol. The average Bonchev–Trinajstić information content (AvgIpc) is 2.56. The fraction of sp³-hybridized carbons (Fsp3) is 0.789. The summed E-state index contributed by atoms with van der Waals surface area (Å²) in [5.74, 6) is -3.00. The molecular formula is C19H37NO8. The molecule has 0 amide bonds. The van der Waals surface area contributed by atoms with Crippen LogP contribution in [0.15, 0.2) is 0 Å². The van der Waals surface area contributed by atoms with Gasteiger partial charge in [-0.2, -0.15) is 0 Å². The van der Waals surface area contributed by atoms with Crippen LogP contribution in [0.25, 0.3) is 0 Å². The quantitative estimate of drug-likeness (QED) is 0.219. The Bertz CT molecular complexity index is 388. The van der Waals surface area contributed by atoms with E-state index in [0.717, 1.165) is 57.8 Å². The van der Waals surface area contributed by atoms with Gasteiger partial charge in [-0.1, -0.05) is 44.9 Å². The Morgan fingerprint density at radius 2 is 0.500 bits per heavy atom. The summed E-state index contributed by atoms with van der Waals surface area (Å²) in [4.78, 5) is 40.5. The highest BCUT2D eigenvalue weighted by Gasteiger charge is 1.99. The molecule has 0 heterocycles. The van der Waals surface area contributed by atoms with Crippen LogP contribution in [0.4, 0.5) is 0 Å². The van der Waals surface area contributed by atoms with E-state index in [2.05, 4.69) is 0 Å². The first-order valence-corrected chi connectivity index (χ1v) is 9.63. The van der Waals surface area contributed by atoms with Gasteiger partial charge in [0.15, 0.2) is 0 Å². The first-order chi connectivity index (χ1) is 12.8. The van der Waals surface area contributed by atoms with Gasteiger partial charge in [-0.05, 0) is 25.7 Å². The van der Waals surface area contributed by atoms with E-state index >= 15 is 0 Å². The van der Waals surface area contributed by atoms with Gasteiger partial charge in [0, 0.05) is 25.7 Å². The standard InChI is InChI=1S/C10H18O4.C9H16O4.H3N/c11-9(12)7-5-3-1-2-4-6-8-10(13)14;10-8(11)6-4-2-1-3-5-7-9(12)13;/h1-8H2,(H,11,12)(H,13,14);1-7H2,(H,10,11)(H,12,13);1H3. The normalized spacial score (nSPS) is 9.57. The molecule has 0 atom stereocenters. The SMILES string of the molecule is N.O=C(O)CCCCCCCC(=O)O.O=C(O)CCCCCCCCC(=O)O. The molecule has 0 fully saturated rings. The van der Waals surface area contributed by atoms with Crippen molar-refractivity contribution in [3.63, 3.8) is 0 Å². The highest BCUT2D eigenvalue weighted by atomic mass is 16.4. The number of aliphatic carboxylic acids is 4. The summed E-state index contributed by atoms with van der Waals surface area (Å²) in [5.41, 5.74) is 0. The first kappa shape index (κ1) is 30.6. The van der Waals surface area contributed by atoms with E-state index in [9.17, 15) is 19.2 Å². The molecule has 0 spiro atoms. The summed E-state index contributed by atoms with van der Waals surface area (Å²) < 4.78 is 0. The number of unbranched alkanes of at least 4 members (excludes halogenated alkanes) is 9. The zero-order valence-electron chi connectivity index (χ0n) is 16.7. The number of rotatable bonds is 17. The molecule has 9 nitrogen and oxygen atoms in total. The van der Waals surface area contributed by atoms with Crippen molar-refractivity contribution < 1.29 is 39.6 Å². The fourth-order valence-electron chi connectivity index (χ4n) is 2.34. The Labute approximate surface area is 166 Å². The maximum absolute atomic E-state index is 10.1. The van der Waals surface area contributed by atoms with Crippen molar-refractivity contribution in [1.29, 1.82) is 0 Å². The van der Waals surface area contributed by atoms with Gasteiger partial charge in [-0.3, -0.25) is 19.2 Å². The van der Waals surface area contributed by atoms with Crippen LogP contribution in [-0.4, -0.2) is 44.3 Å². The fourth-order valence-corrected chi connectivity index (χ4v) is 2.34. The number of carboxylic acids is 4. The largest absolute Gasteiger partial charge is 0.481 e. The highest BCUT2D eigenvalue weighted by molar-refractivity contribution is 5.67. The van der Waals surface area contributed by atoms with Crippen molar-refractivity contribution in [2.45, 2.75) is 96.3 Å². The van der Waals surface area contributed by atoms with Crippen LogP contribution >= 0.6 is 0 Å². The third-order valence-corrected chi connectivity index (χ3v) is 3.81. The molecule has 0 aromatic carbocycles. The lowest BCUT2D eigenvalue weighted by atomic mass is 10.1. The van der Waals surface area contributed by atoms with Crippen molar-refractivity contribution in [1.82, 2.24) is 6.15 Å². The Hall–Kier alpha value is -2.16. The van der Waals surface area contributed by atoms with Crippen molar-refractivity contribution in [2.24, 2.45) is 0 Å². The molecule has 0 aliphatic heterocycles. The number of carboxylic acid groups (broad SMARTS) is 4. The molecular weight excluding hydrogens is 370 g/mol. The van der Waals surface area contributed by atoms with Gasteiger partial charge in [-0.25, -0.2) is 0 Å². The average molecular weight is 408 g/mol. The first-order valence-electron chi connectivity index (χ1n) is 9.63. The van der Waals surface area contributed by atoms with Gasteiger partial charge in [0.25, 0.3) is 0 Å². The molecule has 9 heteroatoms. The second kappa shape index (κ2) is 22.9. The summed E-state index contributed by atoms with van der Waals surface area (Å²) in [6.45, 7) is 0. The van der Waals surface area contributed by atoms with E-state index in [-0.39, 0.29) is 31.8 Å². The molecule has 0 saturated carbocycles. The maximum atomic E-state index is 10.1. The second-order valence-electron chi connectivity index (χ2n) is 6.46. The third-order valence-electron chi connectivity index (χ3n) is 3.81. The van der Waals surface area contributed by atoms with Crippen LogP contribution in [-0.2, 0) is 19.2 Å². The Balaban J connectivity index is -0.000000432. The zero-order valence-corrected chi connectivity index (χ0v) is 16.7. The van der Waals surface area contributed by atoms with E-state index in [1.807, 2.05) is 0 Å². The van der Waals surface area contributed by atoms with Crippen molar-refractivity contribution in [3.8, 4) is 0 Å². The number of carbonyl (C=O) groups is 4. The molecule has 7 N–H and O–H groups in total. The molecule has 28 heavy (non-hydrogen) atoms. The summed E-state index contributed by atoms with van der Waals surface area (Å²) in [5, 5.41) is 33.3. The molecule has 0 unspecified atom stereocenters. The molecule has 166 valence electrons. The molecule has 0 radical (unpaired) electrons. The summed E-state index contributed by atoms with van der Waals surface area (Å²) in [6.07, 6.45) is 10.4. The predicted octanol–water partition coefficient (Wildman–Crippen LogP) is 4.32. The monoisotopic (exact) mass is 407 g/mol. The van der Waals surface area contributed by atoms with E-state index in [4.69, 9.17) is 20.4 Å². The van der Waals surface area contributed by atoms with Crippen molar-refractivity contribution in [2.75, 3.05) is 0 Å². The minimum Gasteiger partial charge on any atom is -0.481 e. The molecule has 0 saturated heterocycles. The smallest absolute Gasteiger partial charge is 0.303 e. The summed E-state index contributed by atoms with van der Waals surface area (Å²) in [7, 11) is 0. The second-order valence-corrected chi connectivity index (χ2v) is 6.46. The number of hydrogen-bond acceptors (Lipinski definition) is 5.